The van der Waals surface area contributed by atoms with E-state index in [4.69, 9.17) is 4.74 Å². The molecule has 1 atom stereocenters. The van der Waals surface area contributed by atoms with Gasteiger partial charge in [0, 0.05) is 17.8 Å². The molecule has 3 rings (SSSR count). The summed E-state index contributed by atoms with van der Waals surface area (Å²) in [7, 11) is 0. The molecule has 1 amide bonds. The second-order valence-electron chi connectivity index (χ2n) is 7.68. The van der Waals surface area contributed by atoms with Crippen molar-refractivity contribution in [3.63, 3.8) is 0 Å². The number of nitro benzene ring substituents is 1. The van der Waals surface area contributed by atoms with E-state index in [0.717, 1.165) is 27.9 Å². The minimum Gasteiger partial charge on any atom is -0.457 e. The molecule has 11 heteroatoms. The highest BCUT2D eigenvalue weighted by Crippen LogP contribution is 2.32. The Morgan fingerprint density at radius 1 is 1.06 bits per heavy atom. The van der Waals surface area contributed by atoms with Crippen molar-refractivity contribution in [3.8, 4) is 11.5 Å². The predicted molar refractivity (Wildman–Crippen MR) is 114 cm³/mol. The number of non-ortho nitro benzene ring substituents is 1. The number of ether oxygens (including phenoxy) is 1. The van der Waals surface area contributed by atoms with Gasteiger partial charge in [-0.1, -0.05) is 6.07 Å². The largest absolute Gasteiger partial charge is 0.457 e. The molecule has 3 aromatic rings. The van der Waals surface area contributed by atoms with Gasteiger partial charge in [0.2, 0.25) is 5.91 Å². The van der Waals surface area contributed by atoms with Crippen molar-refractivity contribution in [2.24, 2.45) is 0 Å². The Morgan fingerprint density at radius 2 is 1.67 bits per heavy atom. The SMILES string of the molecule is Cc1cc(C)cc(Oc2cc(NC(=O)C(C)n3nc(C(F)(F)F)cc3C)cc([N+](=O)[O-])c2)c1. The molecule has 1 heterocycles. The maximum atomic E-state index is 12.9. The molecule has 174 valence electrons. The van der Waals surface area contributed by atoms with Gasteiger partial charge >= 0.3 is 6.18 Å². The lowest BCUT2D eigenvalue weighted by Gasteiger charge is -2.15. The fourth-order valence-corrected chi connectivity index (χ4v) is 3.32. The van der Waals surface area contributed by atoms with Crippen LogP contribution in [0.1, 0.15) is 35.5 Å². The molecule has 33 heavy (non-hydrogen) atoms. The molecule has 0 aliphatic carbocycles. The van der Waals surface area contributed by atoms with E-state index in [0.29, 0.717) is 5.75 Å². The molecule has 1 unspecified atom stereocenters. The number of amides is 1. The number of anilines is 1. The first-order chi connectivity index (χ1) is 15.3. The van der Waals surface area contributed by atoms with Crippen LogP contribution in [0.15, 0.2) is 42.5 Å². The topological polar surface area (TPSA) is 99.3 Å². The summed E-state index contributed by atoms with van der Waals surface area (Å²) < 4.78 is 45.5. The van der Waals surface area contributed by atoms with Crippen LogP contribution in [-0.4, -0.2) is 20.6 Å². The second kappa shape index (κ2) is 8.93. The van der Waals surface area contributed by atoms with Gasteiger partial charge in [-0.3, -0.25) is 19.6 Å². The first-order valence-electron chi connectivity index (χ1n) is 9.83. The van der Waals surface area contributed by atoms with Crippen molar-refractivity contribution in [3.05, 3.63) is 75.1 Å². The van der Waals surface area contributed by atoms with Crippen molar-refractivity contribution in [1.29, 1.82) is 0 Å². The molecule has 0 saturated heterocycles. The van der Waals surface area contributed by atoms with Crippen molar-refractivity contribution < 1.29 is 27.6 Å². The number of carbonyl (C=O) groups excluding carboxylic acids is 1. The van der Waals surface area contributed by atoms with E-state index in [1.807, 2.05) is 19.9 Å². The Balaban J connectivity index is 1.87. The highest BCUT2D eigenvalue weighted by Gasteiger charge is 2.35. The molecule has 2 aromatic carbocycles. The summed E-state index contributed by atoms with van der Waals surface area (Å²) in [4.78, 5) is 23.4. The fourth-order valence-electron chi connectivity index (χ4n) is 3.32. The lowest BCUT2D eigenvalue weighted by molar-refractivity contribution is -0.384. The lowest BCUT2D eigenvalue weighted by Crippen LogP contribution is -2.25. The summed E-state index contributed by atoms with van der Waals surface area (Å²) in [5.74, 6) is -0.120. The number of benzene rings is 2. The van der Waals surface area contributed by atoms with Crippen molar-refractivity contribution in [2.45, 2.75) is 39.9 Å². The Bertz CT molecular complexity index is 1200. The van der Waals surface area contributed by atoms with Crippen molar-refractivity contribution in [2.75, 3.05) is 5.32 Å². The average molecular weight is 462 g/mol. The number of hydrogen-bond donors (Lipinski definition) is 1. The van der Waals surface area contributed by atoms with Crippen molar-refractivity contribution >= 4 is 17.3 Å². The van der Waals surface area contributed by atoms with Gasteiger partial charge in [0.15, 0.2) is 5.69 Å². The lowest BCUT2D eigenvalue weighted by atomic mass is 10.1. The number of hydrogen-bond acceptors (Lipinski definition) is 5. The van der Waals surface area contributed by atoms with E-state index in [-0.39, 0.29) is 22.8 Å². The first kappa shape index (κ1) is 23.8. The minimum absolute atomic E-state index is 0.0567. The third-order valence-corrected chi connectivity index (χ3v) is 4.76. The molecule has 1 N–H and O–H groups in total. The van der Waals surface area contributed by atoms with Crippen LogP contribution in [0.5, 0.6) is 11.5 Å². The summed E-state index contributed by atoms with van der Waals surface area (Å²) in [5.41, 5.74) is 0.633. The van der Waals surface area contributed by atoms with Gasteiger partial charge in [-0.2, -0.15) is 18.3 Å². The van der Waals surface area contributed by atoms with Crippen LogP contribution in [0.4, 0.5) is 24.5 Å². The molecule has 0 bridgehead atoms. The minimum atomic E-state index is -4.65. The summed E-state index contributed by atoms with van der Waals surface area (Å²) in [6.07, 6.45) is -4.65. The zero-order valence-corrected chi connectivity index (χ0v) is 18.2. The average Bonchev–Trinajstić information content (AvgIpc) is 3.08. The number of carbonyl (C=O) groups is 1. The molecule has 0 fully saturated rings. The Morgan fingerprint density at radius 3 is 2.21 bits per heavy atom. The standard InChI is InChI=1S/C22H21F3N4O4/c1-12-5-13(2)7-18(6-12)33-19-10-16(9-17(11-19)29(31)32)26-21(30)15(4)28-14(3)8-20(27-28)22(23,24)25/h5-11,15H,1-4H3,(H,26,30). The molecule has 0 radical (unpaired) electrons. The van der Waals surface area contributed by atoms with Gasteiger partial charge in [0.1, 0.15) is 17.5 Å². The molecule has 0 saturated carbocycles. The van der Waals surface area contributed by atoms with Gasteiger partial charge in [0.05, 0.1) is 16.7 Å². The molecule has 0 spiro atoms. The maximum Gasteiger partial charge on any atom is 0.435 e. The van der Waals surface area contributed by atoms with Crippen LogP contribution in [0, 0.1) is 30.9 Å². The number of nitrogens with zero attached hydrogens (tertiary/aromatic N) is 3. The van der Waals surface area contributed by atoms with E-state index in [2.05, 4.69) is 10.4 Å². The number of aromatic nitrogens is 2. The molecule has 0 aliphatic heterocycles. The summed E-state index contributed by atoms with van der Waals surface area (Å²) >= 11 is 0. The van der Waals surface area contributed by atoms with Crippen LogP contribution < -0.4 is 10.1 Å². The number of halogens is 3. The van der Waals surface area contributed by atoms with E-state index in [9.17, 15) is 28.1 Å². The molecular formula is C22H21F3N4O4. The van der Waals surface area contributed by atoms with E-state index in [1.165, 1.54) is 26.0 Å². The van der Waals surface area contributed by atoms with Crippen LogP contribution in [0.2, 0.25) is 0 Å². The van der Waals surface area contributed by atoms with Gasteiger partial charge in [0.25, 0.3) is 5.69 Å². The van der Waals surface area contributed by atoms with Crippen LogP contribution in [0.3, 0.4) is 0 Å². The normalized spacial score (nSPS) is 12.3. The third-order valence-electron chi connectivity index (χ3n) is 4.76. The maximum absolute atomic E-state index is 12.9. The van der Waals surface area contributed by atoms with Gasteiger partial charge in [-0.25, -0.2) is 0 Å². The number of alkyl halides is 3. The zero-order valence-electron chi connectivity index (χ0n) is 18.2. The smallest absolute Gasteiger partial charge is 0.435 e. The second-order valence-corrected chi connectivity index (χ2v) is 7.68. The Kier molecular flexibility index (Phi) is 6.43. The first-order valence-corrected chi connectivity index (χ1v) is 9.83. The van der Waals surface area contributed by atoms with Crippen LogP contribution >= 0.6 is 0 Å². The van der Waals surface area contributed by atoms with E-state index in [1.54, 1.807) is 12.1 Å². The monoisotopic (exact) mass is 462 g/mol. The number of nitro groups is 1. The van der Waals surface area contributed by atoms with Crippen LogP contribution in [-0.2, 0) is 11.0 Å². The highest BCUT2D eigenvalue weighted by atomic mass is 19.4. The van der Waals surface area contributed by atoms with Crippen LogP contribution in [0.25, 0.3) is 0 Å². The molecule has 1 aromatic heterocycles. The molecule has 8 nitrogen and oxygen atoms in total. The number of aryl methyl sites for hydroxylation is 3. The summed E-state index contributed by atoms with van der Waals surface area (Å²) in [6, 6.07) is 8.92. The molecule has 0 aliphatic rings. The highest BCUT2D eigenvalue weighted by molar-refractivity contribution is 5.94. The van der Waals surface area contributed by atoms with Gasteiger partial charge in [-0.15, -0.1) is 0 Å². The fraction of sp³-hybridized carbons (Fsp3) is 0.273. The quantitative estimate of drug-likeness (QED) is 0.373. The predicted octanol–water partition coefficient (Wildman–Crippen LogP) is 5.73. The van der Waals surface area contributed by atoms with E-state index >= 15 is 0 Å². The summed E-state index contributed by atoms with van der Waals surface area (Å²) in [5, 5.41) is 17.3. The molecular weight excluding hydrogens is 441 g/mol. The van der Waals surface area contributed by atoms with Gasteiger partial charge in [-0.05, 0) is 57.0 Å². The third kappa shape index (κ3) is 5.68. The number of nitrogens with one attached hydrogen (secondary N) is 1. The zero-order chi connectivity index (χ0) is 24.5. The summed E-state index contributed by atoms with van der Waals surface area (Å²) in [6.45, 7) is 6.53. The van der Waals surface area contributed by atoms with Crippen molar-refractivity contribution in [1.82, 2.24) is 9.78 Å². The number of rotatable bonds is 6. The van der Waals surface area contributed by atoms with E-state index < -0.39 is 28.7 Å². The van der Waals surface area contributed by atoms with Gasteiger partial charge < -0.3 is 10.1 Å². The Hall–Kier alpha value is -3.89. The Labute approximate surface area is 187 Å².